The second-order valence-electron chi connectivity index (χ2n) is 6.33. The minimum atomic E-state index is -0.0485. The highest BCUT2D eigenvalue weighted by atomic mass is 16.5. The Hall–Kier alpha value is -1.55. The van der Waals surface area contributed by atoms with E-state index in [1.54, 1.807) is 7.11 Å². The van der Waals surface area contributed by atoms with E-state index in [1.165, 1.54) is 12.8 Å². The lowest BCUT2D eigenvalue weighted by molar-refractivity contribution is 0.0872. The SMILES string of the molecule is CCN(C)C1(CNC(=O)c2ccc(C)cc2OC)CCCC1. The summed E-state index contributed by atoms with van der Waals surface area (Å²) in [4.78, 5) is 14.9. The quantitative estimate of drug-likeness (QED) is 0.878. The number of nitrogens with one attached hydrogen (secondary N) is 1. The van der Waals surface area contributed by atoms with Crippen LogP contribution in [0.15, 0.2) is 18.2 Å². The summed E-state index contributed by atoms with van der Waals surface area (Å²) in [5.41, 5.74) is 1.81. The number of hydrogen-bond acceptors (Lipinski definition) is 3. The summed E-state index contributed by atoms with van der Waals surface area (Å²) in [6, 6.07) is 5.69. The van der Waals surface area contributed by atoms with Crippen molar-refractivity contribution in [1.29, 1.82) is 0 Å². The number of amides is 1. The molecule has 4 nitrogen and oxygen atoms in total. The van der Waals surface area contributed by atoms with Crippen molar-refractivity contribution in [1.82, 2.24) is 10.2 Å². The number of carbonyl (C=O) groups excluding carboxylic acids is 1. The van der Waals surface area contributed by atoms with E-state index in [0.717, 1.165) is 24.9 Å². The van der Waals surface area contributed by atoms with Crippen LogP contribution >= 0.6 is 0 Å². The van der Waals surface area contributed by atoms with Crippen LogP contribution in [0.4, 0.5) is 0 Å². The van der Waals surface area contributed by atoms with E-state index in [1.807, 2.05) is 25.1 Å². The molecule has 0 saturated heterocycles. The van der Waals surface area contributed by atoms with Gasteiger partial charge in [-0.1, -0.05) is 25.8 Å². The number of benzene rings is 1. The maximum absolute atomic E-state index is 12.5. The Balaban J connectivity index is 2.09. The van der Waals surface area contributed by atoms with E-state index in [0.29, 0.717) is 17.9 Å². The Morgan fingerprint density at radius 1 is 1.36 bits per heavy atom. The molecule has 0 aromatic heterocycles. The van der Waals surface area contributed by atoms with Crippen molar-refractivity contribution in [3.63, 3.8) is 0 Å². The highest BCUT2D eigenvalue weighted by Gasteiger charge is 2.37. The maximum Gasteiger partial charge on any atom is 0.255 e. The molecule has 1 amide bonds. The van der Waals surface area contributed by atoms with Gasteiger partial charge in [0.1, 0.15) is 5.75 Å². The summed E-state index contributed by atoms with van der Waals surface area (Å²) >= 11 is 0. The summed E-state index contributed by atoms with van der Waals surface area (Å²) in [6.45, 7) is 5.87. The first-order chi connectivity index (χ1) is 10.5. The molecule has 0 spiro atoms. The van der Waals surface area contributed by atoms with Crippen LogP contribution in [-0.2, 0) is 0 Å². The van der Waals surface area contributed by atoms with Crippen molar-refractivity contribution < 1.29 is 9.53 Å². The van der Waals surface area contributed by atoms with Crippen LogP contribution in [0, 0.1) is 6.92 Å². The summed E-state index contributed by atoms with van der Waals surface area (Å²) < 4.78 is 5.34. The Morgan fingerprint density at radius 3 is 2.64 bits per heavy atom. The van der Waals surface area contributed by atoms with Crippen molar-refractivity contribution in [3.05, 3.63) is 29.3 Å². The second kappa shape index (κ2) is 7.14. The molecule has 0 aliphatic heterocycles. The minimum Gasteiger partial charge on any atom is -0.496 e. The molecular formula is C18H28N2O2. The van der Waals surface area contributed by atoms with Crippen LogP contribution in [0.1, 0.15) is 48.5 Å². The average Bonchev–Trinajstić information content (AvgIpc) is 3.01. The van der Waals surface area contributed by atoms with Gasteiger partial charge in [-0.25, -0.2) is 0 Å². The van der Waals surface area contributed by atoms with Crippen molar-refractivity contribution >= 4 is 5.91 Å². The van der Waals surface area contributed by atoms with Crippen LogP contribution in [0.5, 0.6) is 5.75 Å². The largest absolute Gasteiger partial charge is 0.496 e. The summed E-state index contributed by atoms with van der Waals surface area (Å²) in [7, 11) is 3.76. The molecule has 0 bridgehead atoms. The first-order valence-electron chi connectivity index (χ1n) is 8.16. The Kier molecular flexibility index (Phi) is 5.46. The van der Waals surface area contributed by atoms with Gasteiger partial charge in [0, 0.05) is 12.1 Å². The lowest BCUT2D eigenvalue weighted by atomic mass is 9.95. The predicted molar refractivity (Wildman–Crippen MR) is 89.6 cm³/mol. The molecule has 0 atom stereocenters. The Morgan fingerprint density at radius 2 is 2.05 bits per heavy atom. The van der Waals surface area contributed by atoms with Gasteiger partial charge in [-0.3, -0.25) is 9.69 Å². The normalized spacial score (nSPS) is 16.8. The number of nitrogens with zero attached hydrogens (tertiary/aromatic N) is 1. The van der Waals surface area contributed by atoms with Crippen LogP contribution in [0.25, 0.3) is 0 Å². The molecule has 1 aliphatic carbocycles. The molecule has 0 unspecified atom stereocenters. The fourth-order valence-electron chi connectivity index (χ4n) is 3.39. The predicted octanol–water partition coefficient (Wildman–Crippen LogP) is 3.00. The fourth-order valence-corrected chi connectivity index (χ4v) is 3.39. The Bertz CT molecular complexity index is 522. The number of likely N-dealkylation sites (N-methyl/N-ethyl adjacent to an activating group) is 1. The standard InChI is InChI=1S/C18H28N2O2/c1-5-20(3)18(10-6-7-11-18)13-19-17(21)15-9-8-14(2)12-16(15)22-4/h8-9,12H,5-7,10-11,13H2,1-4H3,(H,19,21). The number of hydrogen-bond donors (Lipinski definition) is 1. The molecule has 1 fully saturated rings. The zero-order chi connectivity index (χ0) is 16.2. The van der Waals surface area contributed by atoms with Gasteiger partial charge in [0.05, 0.1) is 12.7 Å². The molecule has 1 N–H and O–H groups in total. The summed E-state index contributed by atoms with van der Waals surface area (Å²) in [5.74, 6) is 0.592. The Labute approximate surface area is 133 Å². The average molecular weight is 304 g/mol. The topological polar surface area (TPSA) is 41.6 Å². The van der Waals surface area contributed by atoms with Gasteiger partial charge in [0.2, 0.25) is 0 Å². The highest BCUT2D eigenvalue weighted by Crippen LogP contribution is 2.34. The van der Waals surface area contributed by atoms with E-state index in [2.05, 4.69) is 24.2 Å². The first-order valence-corrected chi connectivity index (χ1v) is 8.16. The number of rotatable bonds is 6. The molecule has 1 aromatic carbocycles. The van der Waals surface area contributed by atoms with Crippen molar-refractivity contribution in [2.45, 2.75) is 45.1 Å². The summed E-state index contributed by atoms with van der Waals surface area (Å²) in [6.07, 6.45) is 4.80. The van der Waals surface area contributed by atoms with E-state index < -0.39 is 0 Å². The highest BCUT2D eigenvalue weighted by molar-refractivity contribution is 5.97. The van der Waals surface area contributed by atoms with Gasteiger partial charge in [-0.15, -0.1) is 0 Å². The van der Waals surface area contributed by atoms with Crippen LogP contribution in [0.3, 0.4) is 0 Å². The smallest absolute Gasteiger partial charge is 0.255 e. The first kappa shape index (κ1) is 16.8. The third-order valence-corrected chi connectivity index (χ3v) is 5.00. The summed E-state index contributed by atoms with van der Waals surface area (Å²) in [5, 5.41) is 3.13. The van der Waals surface area contributed by atoms with Gasteiger partial charge < -0.3 is 10.1 Å². The van der Waals surface area contributed by atoms with Gasteiger partial charge in [-0.05, 0) is 51.1 Å². The molecule has 2 rings (SSSR count). The molecule has 1 saturated carbocycles. The number of methoxy groups -OCH3 is 1. The van der Waals surface area contributed by atoms with E-state index in [9.17, 15) is 4.79 Å². The zero-order valence-electron chi connectivity index (χ0n) is 14.2. The molecule has 4 heteroatoms. The van der Waals surface area contributed by atoms with E-state index in [-0.39, 0.29) is 11.4 Å². The van der Waals surface area contributed by atoms with Gasteiger partial charge in [-0.2, -0.15) is 0 Å². The third kappa shape index (κ3) is 3.43. The molecular weight excluding hydrogens is 276 g/mol. The monoisotopic (exact) mass is 304 g/mol. The van der Waals surface area contributed by atoms with Gasteiger partial charge >= 0.3 is 0 Å². The fraction of sp³-hybridized carbons (Fsp3) is 0.611. The molecule has 1 aliphatic rings. The van der Waals surface area contributed by atoms with E-state index in [4.69, 9.17) is 4.74 Å². The number of aryl methyl sites for hydroxylation is 1. The minimum absolute atomic E-state index is 0.0485. The second-order valence-corrected chi connectivity index (χ2v) is 6.33. The molecule has 0 radical (unpaired) electrons. The third-order valence-electron chi connectivity index (χ3n) is 5.00. The van der Waals surface area contributed by atoms with Gasteiger partial charge in [0.15, 0.2) is 0 Å². The molecule has 1 aromatic rings. The molecule has 22 heavy (non-hydrogen) atoms. The number of ether oxygens (including phenoxy) is 1. The maximum atomic E-state index is 12.5. The van der Waals surface area contributed by atoms with Crippen LogP contribution in [-0.4, -0.2) is 43.6 Å². The van der Waals surface area contributed by atoms with Crippen molar-refractivity contribution in [3.8, 4) is 5.75 Å². The lowest BCUT2D eigenvalue weighted by Crippen LogP contribution is -2.52. The molecule has 122 valence electrons. The number of carbonyl (C=O) groups is 1. The van der Waals surface area contributed by atoms with Crippen LogP contribution < -0.4 is 10.1 Å². The van der Waals surface area contributed by atoms with E-state index >= 15 is 0 Å². The van der Waals surface area contributed by atoms with Crippen LogP contribution in [0.2, 0.25) is 0 Å². The van der Waals surface area contributed by atoms with Crippen molar-refractivity contribution in [2.24, 2.45) is 0 Å². The van der Waals surface area contributed by atoms with Gasteiger partial charge in [0.25, 0.3) is 5.91 Å². The van der Waals surface area contributed by atoms with Crippen molar-refractivity contribution in [2.75, 3.05) is 27.2 Å². The molecule has 0 heterocycles. The zero-order valence-corrected chi connectivity index (χ0v) is 14.2. The lowest BCUT2D eigenvalue weighted by Gasteiger charge is -2.38.